The third-order valence-corrected chi connectivity index (χ3v) is 6.49. The fraction of sp³-hybridized carbons (Fsp3) is 0.409. The lowest BCUT2D eigenvalue weighted by Crippen LogP contribution is -2.49. The van der Waals surface area contributed by atoms with E-state index < -0.39 is 0 Å². The van der Waals surface area contributed by atoms with E-state index in [0.717, 1.165) is 43.0 Å². The molecule has 2 aliphatic rings. The van der Waals surface area contributed by atoms with Crippen LogP contribution in [-0.2, 0) is 19.5 Å². The van der Waals surface area contributed by atoms with Crippen molar-refractivity contribution >= 4 is 28.8 Å². The van der Waals surface area contributed by atoms with Crippen LogP contribution in [0.15, 0.2) is 35.3 Å². The highest BCUT2D eigenvalue weighted by molar-refractivity contribution is 6.30. The molecule has 1 saturated heterocycles. The first-order valence-corrected chi connectivity index (χ1v) is 11.1. The zero-order valence-electron chi connectivity index (χ0n) is 17.5. The Morgan fingerprint density at radius 3 is 2.77 bits per heavy atom. The fourth-order valence-corrected chi connectivity index (χ4v) is 4.86. The molecule has 0 spiro atoms. The molecule has 31 heavy (non-hydrogen) atoms. The molecule has 4 heterocycles. The Morgan fingerprint density at radius 2 is 2.03 bits per heavy atom. The number of piperazine rings is 1. The third kappa shape index (κ3) is 3.40. The van der Waals surface area contributed by atoms with Crippen molar-refractivity contribution in [2.45, 2.75) is 26.4 Å². The van der Waals surface area contributed by atoms with E-state index in [-0.39, 0.29) is 11.5 Å². The normalized spacial score (nSPS) is 16.6. The lowest BCUT2D eigenvalue weighted by molar-refractivity contribution is 0.0748. The molecule has 0 aliphatic carbocycles. The van der Waals surface area contributed by atoms with Crippen LogP contribution >= 0.6 is 11.6 Å². The first-order valence-electron chi connectivity index (χ1n) is 10.7. The molecule has 0 radical (unpaired) electrons. The third-order valence-electron chi connectivity index (χ3n) is 6.25. The molecule has 8 nitrogen and oxygen atoms in total. The number of hydrogen-bond acceptors (Lipinski definition) is 5. The summed E-state index contributed by atoms with van der Waals surface area (Å²) < 4.78 is 3.48. The van der Waals surface area contributed by atoms with Crippen LogP contribution in [0.3, 0.4) is 0 Å². The maximum absolute atomic E-state index is 13.4. The number of benzene rings is 1. The number of nitrogens with zero attached hydrogens (tertiary/aromatic N) is 5. The lowest BCUT2D eigenvalue weighted by Gasteiger charge is -2.36. The van der Waals surface area contributed by atoms with Gasteiger partial charge in [-0.25, -0.2) is 0 Å². The second-order valence-electron chi connectivity index (χ2n) is 7.95. The maximum atomic E-state index is 13.4. The van der Waals surface area contributed by atoms with Crippen molar-refractivity contribution in [3.63, 3.8) is 0 Å². The number of carbonyl (C=O) groups excluding carboxylic acids is 1. The Hall–Kier alpha value is -2.84. The van der Waals surface area contributed by atoms with Gasteiger partial charge in [-0.2, -0.15) is 9.61 Å². The number of anilines is 1. The van der Waals surface area contributed by atoms with Gasteiger partial charge in [0.25, 0.3) is 11.5 Å². The standard InChI is InChI=1S/C22H25ClN6O2/c1-2-28-19-6-7-24-13-17(19)22(31)29-20(28)18(14-25-29)21(30)27-10-8-26(9-11-27)16-5-3-4-15(23)12-16/h3-5,12,14,24H,2,6-11,13H2,1H3. The molecule has 2 aliphatic heterocycles. The van der Waals surface area contributed by atoms with Crippen molar-refractivity contribution < 1.29 is 4.79 Å². The zero-order chi connectivity index (χ0) is 21.5. The summed E-state index contributed by atoms with van der Waals surface area (Å²) in [6.07, 6.45) is 2.32. The number of fused-ring (bicyclic) bond motifs is 2. The minimum atomic E-state index is -0.133. The van der Waals surface area contributed by atoms with Crippen molar-refractivity contribution in [2.24, 2.45) is 0 Å². The highest BCUT2D eigenvalue weighted by atomic mass is 35.5. The first-order chi connectivity index (χ1) is 15.1. The van der Waals surface area contributed by atoms with Crippen molar-refractivity contribution in [3.8, 4) is 0 Å². The molecule has 0 atom stereocenters. The molecule has 9 heteroatoms. The van der Waals surface area contributed by atoms with E-state index >= 15 is 0 Å². The van der Waals surface area contributed by atoms with Crippen molar-refractivity contribution in [2.75, 3.05) is 37.6 Å². The number of halogens is 1. The summed E-state index contributed by atoms with van der Waals surface area (Å²) in [5, 5.41) is 8.27. The van der Waals surface area contributed by atoms with Crippen LogP contribution in [-0.4, -0.2) is 57.7 Å². The zero-order valence-corrected chi connectivity index (χ0v) is 18.2. The van der Waals surface area contributed by atoms with Crippen LogP contribution in [0, 0.1) is 0 Å². The first kappa shape index (κ1) is 20.1. The summed E-state index contributed by atoms with van der Waals surface area (Å²) in [6, 6.07) is 7.78. The molecule has 1 N–H and O–H groups in total. The Balaban J connectivity index is 1.44. The number of carbonyl (C=O) groups is 1. The molecule has 0 bridgehead atoms. The molecule has 0 unspecified atom stereocenters. The molecular weight excluding hydrogens is 416 g/mol. The molecule has 2 aromatic heterocycles. The predicted molar refractivity (Wildman–Crippen MR) is 120 cm³/mol. The van der Waals surface area contributed by atoms with Gasteiger partial charge >= 0.3 is 0 Å². The van der Waals surface area contributed by atoms with Crippen LogP contribution in [0.4, 0.5) is 5.69 Å². The number of amides is 1. The van der Waals surface area contributed by atoms with E-state index in [1.165, 1.54) is 4.52 Å². The van der Waals surface area contributed by atoms with Gasteiger partial charge in [0.05, 0.1) is 11.8 Å². The van der Waals surface area contributed by atoms with E-state index in [1.54, 1.807) is 6.20 Å². The highest BCUT2D eigenvalue weighted by Gasteiger charge is 2.28. The van der Waals surface area contributed by atoms with Gasteiger partial charge in [-0.1, -0.05) is 17.7 Å². The summed E-state index contributed by atoms with van der Waals surface area (Å²) in [5.74, 6) is -0.0729. The number of rotatable bonds is 3. The number of nitrogens with one attached hydrogen (secondary N) is 1. The summed E-state index contributed by atoms with van der Waals surface area (Å²) in [4.78, 5) is 30.5. The largest absolute Gasteiger partial charge is 0.368 e. The molecule has 5 rings (SSSR count). The van der Waals surface area contributed by atoms with Gasteiger partial charge in [0.15, 0.2) is 5.65 Å². The summed E-state index contributed by atoms with van der Waals surface area (Å²) in [6.45, 7) is 6.75. The molecule has 0 saturated carbocycles. The van der Waals surface area contributed by atoms with E-state index in [2.05, 4.69) is 19.9 Å². The second kappa shape index (κ2) is 8.01. The molecular formula is C22H25ClN6O2. The topological polar surface area (TPSA) is 74.9 Å². The van der Waals surface area contributed by atoms with Gasteiger partial charge in [0, 0.05) is 68.6 Å². The van der Waals surface area contributed by atoms with Crippen LogP contribution in [0.1, 0.15) is 28.5 Å². The average molecular weight is 441 g/mol. The predicted octanol–water partition coefficient (Wildman–Crippen LogP) is 1.78. The van der Waals surface area contributed by atoms with Crippen molar-refractivity contribution in [3.05, 3.63) is 62.7 Å². The van der Waals surface area contributed by atoms with E-state index in [9.17, 15) is 9.59 Å². The van der Waals surface area contributed by atoms with Gasteiger partial charge < -0.3 is 19.7 Å². The van der Waals surface area contributed by atoms with Crippen LogP contribution in [0.5, 0.6) is 0 Å². The Morgan fingerprint density at radius 1 is 1.23 bits per heavy atom. The van der Waals surface area contributed by atoms with Crippen LogP contribution in [0.25, 0.3) is 5.65 Å². The minimum absolute atomic E-state index is 0.0729. The number of hydrogen-bond donors (Lipinski definition) is 1. The van der Waals surface area contributed by atoms with Gasteiger partial charge in [0.1, 0.15) is 5.56 Å². The summed E-state index contributed by atoms with van der Waals surface area (Å²) in [7, 11) is 0. The van der Waals surface area contributed by atoms with Crippen LogP contribution < -0.4 is 15.8 Å². The van der Waals surface area contributed by atoms with Gasteiger partial charge in [-0.05, 0) is 25.1 Å². The molecule has 1 aromatic carbocycles. The Kier molecular flexibility index (Phi) is 5.19. The fourth-order valence-electron chi connectivity index (χ4n) is 4.68. The van der Waals surface area contributed by atoms with Crippen molar-refractivity contribution in [1.82, 2.24) is 24.4 Å². The summed E-state index contributed by atoms with van der Waals surface area (Å²) >= 11 is 6.13. The molecule has 162 valence electrons. The quantitative estimate of drug-likeness (QED) is 0.672. The van der Waals surface area contributed by atoms with Gasteiger partial charge in [-0.3, -0.25) is 9.59 Å². The summed E-state index contributed by atoms with van der Waals surface area (Å²) in [5.41, 5.74) is 3.80. The van der Waals surface area contributed by atoms with E-state index in [0.29, 0.717) is 42.4 Å². The van der Waals surface area contributed by atoms with Crippen molar-refractivity contribution in [1.29, 1.82) is 0 Å². The minimum Gasteiger partial charge on any atom is -0.368 e. The Bertz CT molecular complexity index is 1210. The van der Waals surface area contributed by atoms with E-state index in [4.69, 9.17) is 11.6 Å². The molecule has 3 aromatic rings. The highest BCUT2D eigenvalue weighted by Crippen LogP contribution is 2.23. The average Bonchev–Trinajstić information content (AvgIpc) is 3.24. The Labute approximate surface area is 185 Å². The molecule has 1 fully saturated rings. The van der Waals surface area contributed by atoms with Gasteiger partial charge in [-0.15, -0.1) is 0 Å². The second-order valence-corrected chi connectivity index (χ2v) is 8.39. The number of aryl methyl sites for hydroxylation is 1. The number of aromatic nitrogens is 3. The van der Waals surface area contributed by atoms with Gasteiger partial charge in [0.2, 0.25) is 0 Å². The monoisotopic (exact) mass is 440 g/mol. The van der Waals surface area contributed by atoms with E-state index in [1.807, 2.05) is 36.1 Å². The lowest BCUT2D eigenvalue weighted by atomic mass is 10.1. The SMILES string of the molecule is CCn1c2c(c(=O)n3ncc(C(=O)N4CCN(c5cccc(Cl)c5)CC4)c13)CNCC2. The maximum Gasteiger partial charge on any atom is 0.279 e. The molecule has 1 amide bonds. The smallest absolute Gasteiger partial charge is 0.279 e. The van der Waals surface area contributed by atoms with Crippen LogP contribution in [0.2, 0.25) is 5.02 Å².